The number of benzene rings is 1. The molecule has 0 amide bonds. The van der Waals surface area contributed by atoms with E-state index in [1.54, 1.807) is 6.07 Å². The van der Waals surface area contributed by atoms with Gasteiger partial charge in [0.25, 0.3) is 0 Å². The molecule has 0 bridgehead atoms. The molecule has 7 nitrogen and oxygen atoms in total. The van der Waals surface area contributed by atoms with E-state index in [9.17, 15) is 4.39 Å². The van der Waals surface area contributed by atoms with Gasteiger partial charge in [-0.2, -0.15) is 0 Å². The molecular formula is C19H27FN6O. The van der Waals surface area contributed by atoms with Gasteiger partial charge in [-0.1, -0.05) is 19.1 Å². The van der Waals surface area contributed by atoms with E-state index in [2.05, 4.69) is 32.2 Å². The molecule has 0 unspecified atom stereocenters. The lowest BCUT2D eigenvalue weighted by Gasteiger charge is -2.39. The van der Waals surface area contributed by atoms with Crippen LogP contribution in [0.25, 0.3) is 0 Å². The van der Waals surface area contributed by atoms with Crippen LogP contribution in [0.5, 0.6) is 0 Å². The van der Waals surface area contributed by atoms with E-state index in [-0.39, 0.29) is 18.0 Å². The zero-order valence-electron chi connectivity index (χ0n) is 15.8. The number of para-hydroxylation sites is 1. The summed E-state index contributed by atoms with van der Waals surface area (Å²) in [6.45, 7) is 7.03. The maximum atomic E-state index is 14.1. The maximum Gasteiger partial charge on any atom is 0.168 e. The Morgan fingerprint density at radius 1 is 1.22 bits per heavy atom. The van der Waals surface area contributed by atoms with Crippen molar-refractivity contribution in [3.05, 3.63) is 35.9 Å². The monoisotopic (exact) mass is 374 g/mol. The van der Waals surface area contributed by atoms with Gasteiger partial charge in [0, 0.05) is 32.8 Å². The molecule has 4 rings (SSSR count). The van der Waals surface area contributed by atoms with Crippen LogP contribution < -0.4 is 4.90 Å². The van der Waals surface area contributed by atoms with Crippen LogP contribution in [0.1, 0.15) is 38.1 Å². The summed E-state index contributed by atoms with van der Waals surface area (Å²) in [7, 11) is 0. The minimum atomic E-state index is -0.154. The molecule has 8 heteroatoms. The maximum absolute atomic E-state index is 14.1. The van der Waals surface area contributed by atoms with E-state index in [0.29, 0.717) is 12.2 Å². The van der Waals surface area contributed by atoms with Gasteiger partial charge in [-0.25, -0.2) is 9.07 Å². The first kappa shape index (κ1) is 18.3. The lowest BCUT2D eigenvalue weighted by atomic mass is 10.1. The molecule has 0 N–H and O–H groups in total. The topological polar surface area (TPSA) is 59.3 Å². The largest absolute Gasteiger partial charge is 0.376 e. The molecule has 0 saturated carbocycles. The SMILES string of the molecule is CC[C@H](c1nnnn1C[C@H]1CCCO1)N1CCN(c2ccccc2F)CC1. The number of hydrogen-bond acceptors (Lipinski definition) is 6. The molecule has 27 heavy (non-hydrogen) atoms. The fourth-order valence-corrected chi connectivity index (χ4v) is 4.15. The van der Waals surface area contributed by atoms with Gasteiger partial charge in [0.05, 0.1) is 24.4 Å². The Balaban J connectivity index is 1.42. The number of ether oxygens (including phenoxy) is 1. The van der Waals surface area contributed by atoms with Crippen molar-refractivity contribution < 1.29 is 9.13 Å². The molecule has 1 aromatic carbocycles. The molecule has 2 saturated heterocycles. The van der Waals surface area contributed by atoms with Crippen LogP contribution in [0, 0.1) is 5.82 Å². The second kappa shape index (κ2) is 8.31. The molecule has 2 aliphatic heterocycles. The van der Waals surface area contributed by atoms with Crippen LogP contribution in [-0.2, 0) is 11.3 Å². The number of anilines is 1. The first-order valence-corrected chi connectivity index (χ1v) is 9.87. The van der Waals surface area contributed by atoms with Crippen LogP contribution in [0.4, 0.5) is 10.1 Å². The van der Waals surface area contributed by atoms with Crippen LogP contribution in [0.3, 0.4) is 0 Å². The average Bonchev–Trinajstić information content (AvgIpc) is 3.37. The number of tetrazole rings is 1. The highest BCUT2D eigenvalue weighted by Gasteiger charge is 2.29. The fourth-order valence-electron chi connectivity index (χ4n) is 4.15. The Kier molecular flexibility index (Phi) is 5.63. The highest BCUT2D eigenvalue weighted by atomic mass is 19.1. The first-order valence-electron chi connectivity index (χ1n) is 9.87. The van der Waals surface area contributed by atoms with Gasteiger partial charge in [-0.15, -0.1) is 5.10 Å². The van der Waals surface area contributed by atoms with Crippen LogP contribution in [0.2, 0.25) is 0 Å². The van der Waals surface area contributed by atoms with Crippen molar-refractivity contribution in [1.82, 2.24) is 25.1 Å². The third-order valence-electron chi connectivity index (χ3n) is 5.59. The molecule has 1 aromatic heterocycles. The molecule has 0 aliphatic carbocycles. The second-order valence-electron chi connectivity index (χ2n) is 7.25. The van der Waals surface area contributed by atoms with Crippen LogP contribution >= 0.6 is 0 Å². The summed E-state index contributed by atoms with van der Waals surface area (Å²) in [5.74, 6) is 0.755. The van der Waals surface area contributed by atoms with E-state index >= 15 is 0 Å². The van der Waals surface area contributed by atoms with Crippen molar-refractivity contribution in [1.29, 1.82) is 0 Å². The number of nitrogens with zero attached hydrogens (tertiary/aromatic N) is 6. The standard InChI is InChI=1S/C19H27FN6O/c1-2-17(19-21-22-23-26(19)14-15-6-5-13-27-15)24-9-11-25(12-10-24)18-8-4-3-7-16(18)20/h3-4,7-8,15,17H,2,5-6,9-14H2,1H3/t15-,17-/m1/s1. The average molecular weight is 374 g/mol. The van der Waals surface area contributed by atoms with E-state index in [0.717, 1.165) is 57.9 Å². The van der Waals surface area contributed by atoms with Crippen molar-refractivity contribution in [2.45, 2.75) is 44.9 Å². The van der Waals surface area contributed by atoms with Crippen molar-refractivity contribution in [3.8, 4) is 0 Å². The normalized spacial score (nSPS) is 22.3. The highest BCUT2D eigenvalue weighted by Crippen LogP contribution is 2.27. The molecule has 0 radical (unpaired) electrons. The summed E-state index contributed by atoms with van der Waals surface area (Å²) >= 11 is 0. The van der Waals surface area contributed by atoms with Crippen molar-refractivity contribution in [2.75, 3.05) is 37.7 Å². The van der Waals surface area contributed by atoms with Gasteiger partial charge in [0.2, 0.25) is 0 Å². The molecular weight excluding hydrogens is 347 g/mol. The van der Waals surface area contributed by atoms with Crippen molar-refractivity contribution in [3.63, 3.8) is 0 Å². The summed E-state index contributed by atoms with van der Waals surface area (Å²) in [6, 6.07) is 7.17. The van der Waals surface area contributed by atoms with E-state index in [1.165, 1.54) is 6.07 Å². The highest BCUT2D eigenvalue weighted by molar-refractivity contribution is 5.48. The number of piperazine rings is 1. The predicted molar refractivity (Wildman–Crippen MR) is 100 cm³/mol. The van der Waals surface area contributed by atoms with E-state index in [1.807, 2.05) is 16.8 Å². The molecule has 3 heterocycles. The third kappa shape index (κ3) is 3.96. The van der Waals surface area contributed by atoms with Gasteiger partial charge in [0.1, 0.15) is 5.82 Å². The van der Waals surface area contributed by atoms with Gasteiger partial charge in [-0.05, 0) is 41.8 Å². The second-order valence-corrected chi connectivity index (χ2v) is 7.25. The summed E-state index contributed by atoms with van der Waals surface area (Å²) in [5.41, 5.74) is 0.688. The number of aromatic nitrogens is 4. The minimum absolute atomic E-state index is 0.154. The molecule has 146 valence electrons. The smallest absolute Gasteiger partial charge is 0.168 e. The fraction of sp³-hybridized carbons (Fsp3) is 0.632. The van der Waals surface area contributed by atoms with E-state index < -0.39 is 0 Å². The molecule has 2 aromatic rings. The third-order valence-corrected chi connectivity index (χ3v) is 5.59. The minimum Gasteiger partial charge on any atom is -0.376 e. The van der Waals surface area contributed by atoms with E-state index in [4.69, 9.17) is 4.74 Å². The number of halogens is 1. The lowest BCUT2D eigenvalue weighted by Crippen LogP contribution is -2.48. The Bertz CT molecular complexity index is 739. The molecule has 0 spiro atoms. The van der Waals surface area contributed by atoms with Crippen molar-refractivity contribution >= 4 is 5.69 Å². The van der Waals surface area contributed by atoms with Crippen LogP contribution in [0.15, 0.2) is 24.3 Å². The van der Waals surface area contributed by atoms with Crippen molar-refractivity contribution in [2.24, 2.45) is 0 Å². The number of hydrogen-bond donors (Lipinski definition) is 0. The number of rotatable bonds is 6. The van der Waals surface area contributed by atoms with Gasteiger partial charge < -0.3 is 9.64 Å². The van der Waals surface area contributed by atoms with Crippen LogP contribution in [-0.4, -0.2) is 64.0 Å². The molecule has 2 fully saturated rings. The quantitative estimate of drug-likeness (QED) is 0.773. The van der Waals surface area contributed by atoms with Gasteiger partial charge in [0.15, 0.2) is 5.82 Å². The predicted octanol–water partition coefficient (Wildman–Crippen LogP) is 2.26. The Labute approximate surface area is 159 Å². The summed E-state index contributed by atoms with van der Waals surface area (Å²) < 4.78 is 21.7. The lowest BCUT2D eigenvalue weighted by molar-refractivity contribution is 0.0894. The zero-order chi connectivity index (χ0) is 18.6. The molecule has 2 atom stereocenters. The van der Waals surface area contributed by atoms with Gasteiger partial charge >= 0.3 is 0 Å². The Hall–Kier alpha value is -2.06. The zero-order valence-corrected chi connectivity index (χ0v) is 15.8. The summed E-state index contributed by atoms with van der Waals surface area (Å²) in [6.07, 6.45) is 3.32. The summed E-state index contributed by atoms with van der Waals surface area (Å²) in [4.78, 5) is 4.53. The molecule has 2 aliphatic rings. The summed E-state index contributed by atoms with van der Waals surface area (Å²) in [5, 5.41) is 12.5. The Morgan fingerprint density at radius 2 is 2.04 bits per heavy atom. The van der Waals surface area contributed by atoms with Gasteiger partial charge in [-0.3, -0.25) is 4.90 Å². The first-order chi connectivity index (χ1) is 13.3. The Morgan fingerprint density at radius 3 is 2.74 bits per heavy atom.